The number of amides is 3. The van der Waals surface area contributed by atoms with Crippen molar-refractivity contribution in [1.29, 1.82) is 0 Å². The van der Waals surface area contributed by atoms with Crippen molar-refractivity contribution in [2.45, 2.75) is 84.5 Å². The number of carbonyl (C=O) groups excluding carboxylic acids is 3. The molecule has 1 saturated heterocycles. The van der Waals surface area contributed by atoms with Crippen LogP contribution in [0.25, 0.3) is 0 Å². The number of halogens is 1. The summed E-state index contributed by atoms with van der Waals surface area (Å²) in [5.41, 5.74) is 0.181. The van der Waals surface area contributed by atoms with E-state index in [1.807, 2.05) is 51.1 Å². The molecule has 2 aromatic rings. The number of hydrogen-bond donors (Lipinski definition) is 1. The van der Waals surface area contributed by atoms with E-state index in [0.29, 0.717) is 18.4 Å². The monoisotopic (exact) mass is 538 g/mol. The number of aliphatic imine (C=N–C) groups is 1. The van der Waals surface area contributed by atoms with Gasteiger partial charge in [0.2, 0.25) is 11.9 Å². The Balaban J connectivity index is 1.91. The summed E-state index contributed by atoms with van der Waals surface area (Å²) < 4.78 is 20.1. The van der Waals surface area contributed by atoms with E-state index in [9.17, 15) is 18.8 Å². The first-order valence-corrected chi connectivity index (χ1v) is 13.3. The summed E-state index contributed by atoms with van der Waals surface area (Å²) in [5.74, 6) is -1.16. The fourth-order valence-electron chi connectivity index (χ4n) is 4.53. The van der Waals surface area contributed by atoms with Gasteiger partial charge in [-0.3, -0.25) is 14.5 Å². The number of guanidine groups is 1. The van der Waals surface area contributed by atoms with Gasteiger partial charge in [-0.25, -0.2) is 9.18 Å². The minimum atomic E-state index is -0.836. The van der Waals surface area contributed by atoms with Crippen LogP contribution in [0, 0.1) is 5.82 Å². The average Bonchev–Trinajstić information content (AvgIpc) is 2.88. The zero-order valence-corrected chi connectivity index (χ0v) is 23.9. The van der Waals surface area contributed by atoms with Gasteiger partial charge in [0, 0.05) is 18.2 Å². The molecular weight excluding hydrogens is 499 g/mol. The molecule has 3 amide bonds. The number of rotatable bonds is 7. The maximum atomic E-state index is 14.8. The van der Waals surface area contributed by atoms with Crippen LogP contribution in [-0.2, 0) is 16.1 Å². The maximum Gasteiger partial charge on any atom is 0.437 e. The van der Waals surface area contributed by atoms with Gasteiger partial charge in [0.05, 0.1) is 19.0 Å². The second-order valence-electron chi connectivity index (χ2n) is 11.0. The summed E-state index contributed by atoms with van der Waals surface area (Å²) in [6, 6.07) is 13.4. The highest BCUT2D eigenvalue weighted by Crippen LogP contribution is 2.28. The smallest absolute Gasteiger partial charge is 0.437 e. The van der Waals surface area contributed by atoms with Crippen LogP contribution in [0.5, 0.6) is 0 Å². The largest absolute Gasteiger partial charge is 0.442 e. The van der Waals surface area contributed by atoms with Gasteiger partial charge in [0.15, 0.2) is 0 Å². The lowest BCUT2D eigenvalue weighted by Crippen LogP contribution is -2.62. The fraction of sp³-hybridized carbons (Fsp3) is 0.467. The number of ether oxygens (including phenoxy) is 1. The summed E-state index contributed by atoms with van der Waals surface area (Å²) in [5, 5.41) is 3.27. The van der Waals surface area contributed by atoms with E-state index in [4.69, 9.17) is 4.74 Å². The molecule has 1 unspecified atom stereocenters. The molecule has 1 aliphatic rings. The SMILES string of the molecule is CCC1(CC)CC(=O)N(Cc2cc(F)cc(C(=O)N(C)C(C)c3ccccc3)c2)C(=NC(=O)OC(C)(C)C)N1. The van der Waals surface area contributed by atoms with Gasteiger partial charge in [-0.2, -0.15) is 0 Å². The van der Waals surface area contributed by atoms with Crippen molar-refractivity contribution >= 4 is 23.9 Å². The van der Waals surface area contributed by atoms with Crippen LogP contribution in [0.4, 0.5) is 9.18 Å². The lowest BCUT2D eigenvalue weighted by atomic mass is 9.87. The first-order valence-electron chi connectivity index (χ1n) is 13.3. The third kappa shape index (κ3) is 7.43. The van der Waals surface area contributed by atoms with E-state index in [0.717, 1.165) is 5.56 Å². The van der Waals surface area contributed by atoms with Gasteiger partial charge in [-0.05, 0) is 69.9 Å². The first-order chi connectivity index (χ1) is 18.3. The van der Waals surface area contributed by atoms with Gasteiger partial charge in [-0.15, -0.1) is 4.99 Å². The quantitative estimate of drug-likeness (QED) is 0.479. The summed E-state index contributed by atoms with van der Waals surface area (Å²) in [6.45, 7) is 10.9. The van der Waals surface area contributed by atoms with Crippen molar-refractivity contribution in [2.24, 2.45) is 4.99 Å². The average molecular weight is 539 g/mol. The molecule has 1 aliphatic heterocycles. The minimum absolute atomic E-state index is 0.0520. The Bertz CT molecular complexity index is 1240. The molecule has 0 radical (unpaired) electrons. The molecule has 1 heterocycles. The van der Waals surface area contributed by atoms with Crippen molar-refractivity contribution < 1.29 is 23.5 Å². The Morgan fingerprint density at radius 2 is 1.79 bits per heavy atom. The minimum Gasteiger partial charge on any atom is -0.442 e. The normalized spacial score (nSPS) is 17.0. The maximum absolute atomic E-state index is 14.8. The first kappa shape index (κ1) is 29.8. The molecule has 0 aromatic heterocycles. The molecule has 0 bridgehead atoms. The summed E-state index contributed by atoms with van der Waals surface area (Å²) >= 11 is 0. The predicted molar refractivity (Wildman–Crippen MR) is 149 cm³/mol. The number of hydrogen-bond acceptors (Lipinski definition) is 4. The van der Waals surface area contributed by atoms with E-state index < -0.39 is 23.1 Å². The Morgan fingerprint density at radius 1 is 1.15 bits per heavy atom. The molecule has 39 heavy (non-hydrogen) atoms. The van der Waals surface area contributed by atoms with E-state index in [1.54, 1.807) is 38.8 Å². The molecule has 3 rings (SSSR count). The molecule has 0 saturated carbocycles. The molecule has 0 spiro atoms. The highest BCUT2D eigenvalue weighted by Gasteiger charge is 2.40. The van der Waals surface area contributed by atoms with Crippen LogP contribution in [0.1, 0.15) is 88.3 Å². The van der Waals surface area contributed by atoms with Crippen molar-refractivity contribution in [3.63, 3.8) is 0 Å². The highest BCUT2D eigenvalue weighted by molar-refractivity contribution is 6.04. The van der Waals surface area contributed by atoms with Crippen LogP contribution in [0.15, 0.2) is 53.5 Å². The molecular formula is C30H39FN4O4. The van der Waals surface area contributed by atoms with Crippen LogP contribution >= 0.6 is 0 Å². The van der Waals surface area contributed by atoms with Crippen LogP contribution in [0.2, 0.25) is 0 Å². The third-order valence-electron chi connectivity index (χ3n) is 7.10. The summed E-state index contributed by atoms with van der Waals surface area (Å²) in [6.07, 6.45) is 0.630. The zero-order chi connectivity index (χ0) is 29.0. The topological polar surface area (TPSA) is 91.3 Å². The number of nitrogens with one attached hydrogen (secondary N) is 1. The fourth-order valence-corrected chi connectivity index (χ4v) is 4.53. The van der Waals surface area contributed by atoms with E-state index >= 15 is 0 Å². The summed E-state index contributed by atoms with van der Waals surface area (Å²) in [7, 11) is 1.67. The Kier molecular flexibility index (Phi) is 9.14. The van der Waals surface area contributed by atoms with Crippen molar-refractivity contribution in [3.8, 4) is 0 Å². The second kappa shape index (κ2) is 12.0. The van der Waals surface area contributed by atoms with Crippen LogP contribution in [0.3, 0.4) is 0 Å². The van der Waals surface area contributed by atoms with Crippen molar-refractivity contribution in [1.82, 2.24) is 15.1 Å². The van der Waals surface area contributed by atoms with E-state index in [-0.39, 0.29) is 42.3 Å². The Hall–Kier alpha value is -3.75. The number of benzene rings is 2. The van der Waals surface area contributed by atoms with Crippen LogP contribution < -0.4 is 5.32 Å². The molecule has 8 nitrogen and oxygen atoms in total. The Morgan fingerprint density at radius 3 is 2.38 bits per heavy atom. The predicted octanol–water partition coefficient (Wildman–Crippen LogP) is 5.83. The van der Waals surface area contributed by atoms with Gasteiger partial charge in [0.1, 0.15) is 11.4 Å². The standard InChI is InChI=1S/C30H39FN4O4/c1-8-30(9-2)18-25(36)35(27(33-30)32-28(38)39-29(4,5)6)19-21-15-23(17-24(31)16-21)26(37)34(7)20(3)22-13-11-10-12-14-22/h10-17,20H,8-9,18-19H2,1-7H3,(H,32,33,38). The highest BCUT2D eigenvalue weighted by atomic mass is 19.1. The lowest BCUT2D eigenvalue weighted by molar-refractivity contribution is -0.131. The van der Waals surface area contributed by atoms with Crippen molar-refractivity contribution in [3.05, 3.63) is 71.0 Å². The van der Waals surface area contributed by atoms with Crippen LogP contribution in [-0.4, -0.2) is 51.9 Å². The molecule has 2 aromatic carbocycles. The zero-order valence-electron chi connectivity index (χ0n) is 23.9. The van der Waals surface area contributed by atoms with Gasteiger partial charge in [0.25, 0.3) is 5.91 Å². The molecule has 210 valence electrons. The third-order valence-corrected chi connectivity index (χ3v) is 7.10. The summed E-state index contributed by atoms with van der Waals surface area (Å²) in [4.78, 5) is 46.2. The van der Waals surface area contributed by atoms with E-state index in [2.05, 4.69) is 10.3 Å². The van der Waals surface area contributed by atoms with Crippen molar-refractivity contribution in [2.75, 3.05) is 7.05 Å². The molecule has 0 aliphatic carbocycles. The lowest BCUT2D eigenvalue weighted by Gasteiger charge is -2.42. The molecule has 9 heteroatoms. The van der Waals surface area contributed by atoms with E-state index in [1.165, 1.54) is 17.0 Å². The molecule has 1 atom stereocenters. The number of carbonyl (C=O) groups is 3. The second-order valence-corrected chi connectivity index (χ2v) is 11.0. The molecule has 1 N–H and O–H groups in total. The van der Waals surface area contributed by atoms with Gasteiger partial charge in [-0.1, -0.05) is 44.2 Å². The van der Waals surface area contributed by atoms with Gasteiger partial charge >= 0.3 is 6.09 Å². The number of nitrogens with zero attached hydrogens (tertiary/aromatic N) is 3. The molecule has 1 fully saturated rings. The Labute approximate surface area is 230 Å². The van der Waals surface area contributed by atoms with Gasteiger partial charge < -0.3 is 15.0 Å².